The van der Waals surface area contributed by atoms with Crippen LogP contribution in [0.3, 0.4) is 0 Å². The Kier molecular flexibility index (Phi) is 4.79. The molecule has 1 unspecified atom stereocenters. The fraction of sp³-hybridized carbons (Fsp3) is 0.438. The summed E-state index contributed by atoms with van der Waals surface area (Å²) in [7, 11) is 4.13. The summed E-state index contributed by atoms with van der Waals surface area (Å²) in [6.45, 7) is 2.92. The van der Waals surface area contributed by atoms with Crippen molar-refractivity contribution in [3.63, 3.8) is 0 Å². The van der Waals surface area contributed by atoms with Crippen molar-refractivity contribution < 1.29 is 0 Å². The second-order valence-corrected chi connectivity index (χ2v) is 5.31. The van der Waals surface area contributed by atoms with E-state index in [-0.39, 0.29) is 6.04 Å². The van der Waals surface area contributed by atoms with Crippen LogP contribution in [-0.2, 0) is 20.0 Å². The van der Waals surface area contributed by atoms with E-state index in [4.69, 9.17) is 5.73 Å². The highest BCUT2D eigenvalue weighted by molar-refractivity contribution is 5.53. The number of hydrogen-bond acceptors (Lipinski definition) is 3. The van der Waals surface area contributed by atoms with Crippen LogP contribution in [0.1, 0.15) is 24.7 Å². The molecule has 0 radical (unpaired) electrons. The van der Waals surface area contributed by atoms with Crippen LogP contribution in [-0.4, -0.2) is 22.6 Å². The molecule has 1 heterocycles. The maximum Gasteiger partial charge on any atom is 0.127 e. The molecule has 1 atom stereocenters. The van der Waals surface area contributed by atoms with Crippen LogP contribution in [0.4, 0.5) is 5.69 Å². The van der Waals surface area contributed by atoms with Crippen LogP contribution >= 0.6 is 0 Å². The normalized spacial score (nSPS) is 12.4. The van der Waals surface area contributed by atoms with Gasteiger partial charge in [-0.3, -0.25) is 0 Å². The molecule has 20 heavy (non-hydrogen) atoms. The molecule has 108 valence electrons. The Morgan fingerprint density at radius 2 is 2.10 bits per heavy atom. The first-order valence-electron chi connectivity index (χ1n) is 7.12. The largest absolute Gasteiger partial charge is 0.367 e. The van der Waals surface area contributed by atoms with E-state index < -0.39 is 0 Å². The Morgan fingerprint density at radius 1 is 1.35 bits per heavy atom. The van der Waals surface area contributed by atoms with E-state index in [1.807, 2.05) is 19.4 Å². The molecule has 0 spiro atoms. The fourth-order valence-electron chi connectivity index (χ4n) is 2.33. The van der Waals surface area contributed by atoms with Gasteiger partial charge in [0.1, 0.15) is 5.82 Å². The number of imidazole rings is 1. The van der Waals surface area contributed by atoms with Gasteiger partial charge in [0.15, 0.2) is 0 Å². The van der Waals surface area contributed by atoms with Crippen LogP contribution in [0.25, 0.3) is 0 Å². The highest BCUT2D eigenvalue weighted by Gasteiger charge is 2.11. The third kappa shape index (κ3) is 3.39. The Hall–Kier alpha value is -1.81. The van der Waals surface area contributed by atoms with Crippen molar-refractivity contribution in [2.45, 2.75) is 32.4 Å². The smallest absolute Gasteiger partial charge is 0.127 e. The third-order valence-electron chi connectivity index (χ3n) is 3.71. The maximum absolute atomic E-state index is 6.10. The average Bonchev–Trinajstić information content (AvgIpc) is 2.84. The molecule has 2 rings (SSSR count). The minimum Gasteiger partial charge on any atom is -0.367 e. The van der Waals surface area contributed by atoms with Gasteiger partial charge in [-0.15, -0.1) is 0 Å². The topological polar surface area (TPSA) is 47.1 Å². The van der Waals surface area contributed by atoms with Gasteiger partial charge < -0.3 is 15.2 Å². The van der Waals surface area contributed by atoms with Gasteiger partial charge in [0.05, 0.1) is 6.54 Å². The Morgan fingerprint density at radius 3 is 2.75 bits per heavy atom. The summed E-state index contributed by atoms with van der Waals surface area (Å²) in [5, 5.41) is 0. The minimum atomic E-state index is 0.220. The summed E-state index contributed by atoms with van der Waals surface area (Å²) >= 11 is 0. The van der Waals surface area contributed by atoms with Crippen molar-refractivity contribution in [1.82, 2.24) is 9.55 Å². The van der Waals surface area contributed by atoms with E-state index >= 15 is 0 Å². The standard InChI is InChI=1S/C16H24N4/c1-4-14(17)11-13-7-5-6-8-15(13)20(3)12-16-18-9-10-19(16)2/h5-10,14H,4,11-12,17H2,1-3H3. The average molecular weight is 272 g/mol. The molecule has 0 aliphatic rings. The minimum absolute atomic E-state index is 0.220. The lowest BCUT2D eigenvalue weighted by atomic mass is 10.0. The van der Waals surface area contributed by atoms with Crippen LogP contribution in [0.2, 0.25) is 0 Å². The Bertz CT molecular complexity index is 547. The summed E-state index contributed by atoms with van der Waals surface area (Å²) in [6.07, 6.45) is 5.72. The molecule has 0 aliphatic carbocycles. The molecule has 1 aromatic carbocycles. The number of anilines is 1. The first kappa shape index (κ1) is 14.6. The van der Waals surface area contributed by atoms with E-state index in [1.165, 1.54) is 11.3 Å². The van der Waals surface area contributed by atoms with E-state index in [0.29, 0.717) is 0 Å². The lowest BCUT2D eigenvalue weighted by molar-refractivity contribution is 0.644. The van der Waals surface area contributed by atoms with Gasteiger partial charge in [0.2, 0.25) is 0 Å². The SMILES string of the molecule is CCC(N)Cc1ccccc1N(C)Cc1nccn1C. The fourth-order valence-corrected chi connectivity index (χ4v) is 2.33. The van der Waals surface area contributed by atoms with E-state index in [9.17, 15) is 0 Å². The number of hydrogen-bond donors (Lipinski definition) is 1. The second-order valence-electron chi connectivity index (χ2n) is 5.31. The highest BCUT2D eigenvalue weighted by Crippen LogP contribution is 2.22. The van der Waals surface area contributed by atoms with Crippen LogP contribution in [0, 0.1) is 0 Å². The van der Waals surface area contributed by atoms with Gasteiger partial charge >= 0.3 is 0 Å². The molecule has 0 saturated carbocycles. The van der Waals surface area contributed by atoms with Crippen molar-refractivity contribution in [1.29, 1.82) is 0 Å². The van der Waals surface area contributed by atoms with Gasteiger partial charge in [-0.2, -0.15) is 0 Å². The number of para-hydroxylation sites is 1. The number of aryl methyl sites for hydroxylation is 1. The maximum atomic E-state index is 6.10. The van der Waals surface area contributed by atoms with Crippen LogP contribution in [0.15, 0.2) is 36.7 Å². The Balaban J connectivity index is 2.17. The van der Waals surface area contributed by atoms with Crippen molar-refractivity contribution in [2.24, 2.45) is 12.8 Å². The number of rotatable bonds is 6. The predicted molar refractivity (Wildman–Crippen MR) is 83.7 cm³/mol. The molecule has 0 aliphatic heterocycles. The molecule has 0 fully saturated rings. The molecule has 0 bridgehead atoms. The van der Waals surface area contributed by atoms with E-state index in [0.717, 1.165) is 25.2 Å². The lowest BCUT2D eigenvalue weighted by Gasteiger charge is -2.23. The third-order valence-corrected chi connectivity index (χ3v) is 3.71. The molecule has 4 nitrogen and oxygen atoms in total. The molecular formula is C16H24N4. The molecule has 1 aromatic heterocycles. The highest BCUT2D eigenvalue weighted by atomic mass is 15.2. The van der Waals surface area contributed by atoms with Crippen molar-refractivity contribution >= 4 is 5.69 Å². The van der Waals surface area contributed by atoms with Crippen molar-refractivity contribution in [3.05, 3.63) is 48.0 Å². The predicted octanol–water partition coefficient (Wildman–Crippen LogP) is 2.34. The molecule has 4 heteroatoms. The summed E-state index contributed by atoms with van der Waals surface area (Å²) < 4.78 is 2.05. The molecule has 2 aromatic rings. The van der Waals surface area contributed by atoms with Gasteiger partial charge in [0, 0.05) is 38.2 Å². The quantitative estimate of drug-likeness (QED) is 0.878. The summed E-state index contributed by atoms with van der Waals surface area (Å²) in [6, 6.07) is 8.69. The van der Waals surface area contributed by atoms with Crippen molar-refractivity contribution in [2.75, 3.05) is 11.9 Å². The van der Waals surface area contributed by atoms with Gasteiger partial charge in [0.25, 0.3) is 0 Å². The lowest BCUT2D eigenvalue weighted by Crippen LogP contribution is -2.25. The van der Waals surface area contributed by atoms with Crippen molar-refractivity contribution in [3.8, 4) is 0 Å². The first-order valence-corrected chi connectivity index (χ1v) is 7.12. The van der Waals surface area contributed by atoms with Gasteiger partial charge in [-0.1, -0.05) is 25.1 Å². The summed E-state index contributed by atoms with van der Waals surface area (Å²) in [5.74, 6) is 1.06. The second kappa shape index (κ2) is 6.57. The van der Waals surface area contributed by atoms with Crippen LogP contribution in [0.5, 0.6) is 0 Å². The van der Waals surface area contributed by atoms with Gasteiger partial charge in [-0.25, -0.2) is 4.98 Å². The van der Waals surface area contributed by atoms with E-state index in [2.05, 4.69) is 52.7 Å². The van der Waals surface area contributed by atoms with Gasteiger partial charge in [-0.05, 0) is 24.5 Å². The number of nitrogens with two attached hydrogens (primary N) is 1. The molecule has 2 N–H and O–H groups in total. The molecular weight excluding hydrogens is 248 g/mol. The number of nitrogens with zero attached hydrogens (tertiary/aromatic N) is 3. The molecule has 0 saturated heterocycles. The summed E-state index contributed by atoms with van der Waals surface area (Å²) in [5.41, 5.74) is 8.64. The summed E-state index contributed by atoms with van der Waals surface area (Å²) in [4.78, 5) is 6.62. The zero-order chi connectivity index (χ0) is 14.5. The first-order chi connectivity index (χ1) is 9.61. The van der Waals surface area contributed by atoms with Crippen LogP contribution < -0.4 is 10.6 Å². The molecule has 0 amide bonds. The zero-order valence-corrected chi connectivity index (χ0v) is 12.6. The number of aromatic nitrogens is 2. The zero-order valence-electron chi connectivity index (χ0n) is 12.6. The van der Waals surface area contributed by atoms with E-state index in [1.54, 1.807) is 0 Å². The Labute approximate surface area is 121 Å². The monoisotopic (exact) mass is 272 g/mol. The number of benzene rings is 1.